The highest BCUT2D eigenvalue weighted by Crippen LogP contribution is 2.33. The van der Waals surface area contributed by atoms with Crippen molar-refractivity contribution >= 4 is 11.7 Å². The molecule has 0 radical (unpaired) electrons. The van der Waals surface area contributed by atoms with E-state index in [4.69, 9.17) is 4.74 Å². The number of carbonyl (C=O) groups is 1. The van der Waals surface area contributed by atoms with E-state index in [2.05, 4.69) is 15.9 Å². The molecule has 4 nitrogen and oxygen atoms in total. The normalized spacial score (nSPS) is 16.2. The van der Waals surface area contributed by atoms with E-state index in [9.17, 15) is 18.0 Å². The Morgan fingerprint density at radius 1 is 0.846 bits per heavy atom. The molecule has 0 saturated carbocycles. The molecule has 1 atom stereocenters. The minimum absolute atomic E-state index is 0.161. The average molecular weight is 539 g/mol. The zero-order chi connectivity index (χ0) is 28.0. The molecule has 1 heterocycles. The van der Waals surface area contributed by atoms with E-state index in [1.807, 2.05) is 69.3 Å². The highest BCUT2D eigenvalue weighted by atomic mass is 19.4. The quantitative estimate of drug-likeness (QED) is 0.270. The largest absolute Gasteiger partial charge is 0.462 e. The van der Waals surface area contributed by atoms with Crippen molar-refractivity contribution in [3.05, 3.63) is 90.0 Å². The van der Waals surface area contributed by atoms with Crippen molar-refractivity contribution in [1.29, 1.82) is 0 Å². The molecule has 0 aliphatic carbocycles. The third-order valence-corrected chi connectivity index (χ3v) is 7.48. The molecule has 1 aliphatic heterocycles. The second-order valence-electron chi connectivity index (χ2n) is 10.7. The number of hydrogen-bond donors (Lipinski definition) is 0. The highest BCUT2D eigenvalue weighted by Gasteiger charge is 2.37. The lowest BCUT2D eigenvalue weighted by molar-refractivity contribution is -0.154. The predicted octanol–water partition coefficient (Wildman–Crippen LogP) is 7.18. The first-order valence-electron chi connectivity index (χ1n) is 13.6. The van der Waals surface area contributed by atoms with Gasteiger partial charge in [0.1, 0.15) is 0 Å². The Bertz CT molecular complexity index is 1220. The molecular formula is C32H37F3N2O2. The number of piperazine rings is 1. The highest BCUT2D eigenvalue weighted by molar-refractivity contribution is 5.82. The fraction of sp³-hybridized carbons (Fsp3) is 0.406. The van der Waals surface area contributed by atoms with E-state index in [1.165, 1.54) is 12.1 Å². The second kappa shape index (κ2) is 12.2. The minimum Gasteiger partial charge on any atom is -0.462 e. The Balaban J connectivity index is 1.33. The lowest BCUT2D eigenvalue weighted by atomic mass is 9.78. The molecule has 0 amide bonds. The minimum atomic E-state index is -4.34. The smallest absolute Gasteiger partial charge is 0.416 e. The van der Waals surface area contributed by atoms with Crippen molar-refractivity contribution in [3.8, 4) is 11.1 Å². The molecule has 4 rings (SSSR count). The predicted molar refractivity (Wildman–Crippen MR) is 150 cm³/mol. The van der Waals surface area contributed by atoms with Crippen molar-refractivity contribution in [2.75, 3.05) is 37.6 Å². The van der Waals surface area contributed by atoms with Gasteiger partial charge in [-0.1, -0.05) is 54.6 Å². The summed E-state index contributed by atoms with van der Waals surface area (Å²) in [7, 11) is 0. The maximum absolute atomic E-state index is 13.1. The van der Waals surface area contributed by atoms with Crippen LogP contribution in [-0.4, -0.2) is 49.7 Å². The molecule has 208 valence electrons. The summed E-state index contributed by atoms with van der Waals surface area (Å²) in [6.45, 7) is 10.2. The molecule has 1 saturated heterocycles. The summed E-state index contributed by atoms with van der Waals surface area (Å²) in [5, 5.41) is 0. The number of anilines is 1. The molecule has 7 heteroatoms. The third kappa shape index (κ3) is 7.21. The molecule has 3 aromatic carbocycles. The van der Waals surface area contributed by atoms with Crippen LogP contribution in [0.1, 0.15) is 44.7 Å². The molecule has 1 unspecified atom stereocenters. The molecule has 0 aromatic heterocycles. The topological polar surface area (TPSA) is 32.8 Å². The van der Waals surface area contributed by atoms with Gasteiger partial charge < -0.3 is 9.64 Å². The van der Waals surface area contributed by atoms with Crippen molar-refractivity contribution in [2.24, 2.45) is 0 Å². The van der Waals surface area contributed by atoms with Gasteiger partial charge >= 0.3 is 12.1 Å². The van der Waals surface area contributed by atoms with Crippen molar-refractivity contribution in [1.82, 2.24) is 4.90 Å². The summed E-state index contributed by atoms with van der Waals surface area (Å²) in [4.78, 5) is 17.8. The Kier molecular flexibility index (Phi) is 9.01. The molecule has 0 bridgehead atoms. The summed E-state index contributed by atoms with van der Waals surface area (Å²) in [6, 6.07) is 23.2. The van der Waals surface area contributed by atoms with Gasteiger partial charge in [0.15, 0.2) is 0 Å². The summed E-state index contributed by atoms with van der Waals surface area (Å²) in [5.74, 6) is -0.179. The van der Waals surface area contributed by atoms with Gasteiger partial charge in [0.25, 0.3) is 0 Å². The van der Waals surface area contributed by atoms with E-state index < -0.39 is 17.2 Å². The van der Waals surface area contributed by atoms with Crippen molar-refractivity contribution < 1.29 is 22.7 Å². The summed E-state index contributed by atoms with van der Waals surface area (Å²) in [5.41, 5.74) is 2.39. The lowest BCUT2D eigenvalue weighted by Gasteiger charge is -2.37. The second-order valence-corrected chi connectivity index (χ2v) is 10.7. The van der Waals surface area contributed by atoms with Gasteiger partial charge in [-0.05, 0) is 81.1 Å². The molecular weight excluding hydrogens is 501 g/mol. The van der Waals surface area contributed by atoms with Crippen LogP contribution in [0.25, 0.3) is 11.1 Å². The van der Waals surface area contributed by atoms with Crippen LogP contribution in [0.4, 0.5) is 18.9 Å². The summed E-state index contributed by atoms with van der Waals surface area (Å²) >= 11 is 0. The SMILES string of the molecule is CC(C)OC(=O)C(C)(CCCN1CCN(c2cccc(-c3ccc(C(F)(F)F)cc3)c2)CC1)c1ccccc1. The Hall–Kier alpha value is -3.32. The first-order valence-corrected chi connectivity index (χ1v) is 13.6. The van der Waals surface area contributed by atoms with Crippen LogP contribution in [0.3, 0.4) is 0 Å². The van der Waals surface area contributed by atoms with Crippen LogP contribution < -0.4 is 4.90 Å². The van der Waals surface area contributed by atoms with Crippen LogP contribution in [0.5, 0.6) is 0 Å². The maximum Gasteiger partial charge on any atom is 0.416 e. The van der Waals surface area contributed by atoms with Crippen LogP contribution >= 0.6 is 0 Å². The Labute approximate surface area is 229 Å². The molecule has 39 heavy (non-hydrogen) atoms. The van der Waals surface area contributed by atoms with E-state index >= 15 is 0 Å². The number of ether oxygens (including phenoxy) is 1. The number of carbonyl (C=O) groups excluding carboxylic acids is 1. The third-order valence-electron chi connectivity index (χ3n) is 7.48. The molecule has 0 N–H and O–H groups in total. The number of hydrogen-bond acceptors (Lipinski definition) is 4. The van der Waals surface area contributed by atoms with Crippen molar-refractivity contribution in [2.45, 2.75) is 51.3 Å². The number of esters is 1. The van der Waals surface area contributed by atoms with Gasteiger partial charge in [0.05, 0.1) is 17.1 Å². The molecule has 1 fully saturated rings. The van der Waals surface area contributed by atoms with E-state index in [0.717, 1.165) is 73.7 Å². The van der Waals surface area contributed by atoms with Crippen molar-refractivity contribution in [3.63, 3.8) is 0 Å². The molecule has 1 aliphatic rings. The number of rotatable bonds is 9. The fourth-order valence-corrected chi connectivity index (χ4v) is 5.13. The summed E-state index contributed by atoms with van der Waals surface area (Å²) in [6.07, 6.45) is -2.91. The van der Waals surface area contributed by atoms with Crippen LogP contribution in [0.15, 0.2) is 78.9 Å². The first-order chi connectivity index (χ1) is 18.6. The average Bonchev–Trinajstić information content (AvgIpc) is 2.93. The van der Waals surface area contributed by atoms with Gasteiger partial charge in [-0.25, -0.2) is 0 Å². The van der Waals surface area contributed by atoms with E-state index in [1.54, 1.807) is 0 Å². The number of nitrogens with zero attached hydrogens (tertiary/aromatic N) is 2. The molecule has 0 spiro atoms. The molecule has 3 aromatic rings. The summed E-state index contributed by atoms with van der Waals surface area (Å²) < 4.78 is 44.4. The number of benzene rings is 3. The van der Waals surface area contributed by atoms with Crippen LogP contribution in [0.2, 0.25) is 0 Å². The zero-order valence-corrected chi connectivity index (χ0v) is 22.9. The fourth-order valence-electron chi connectivity index (χ4n) is 5.13. The van der Waals surface area contributed by atoms with E-state index in [-0.39, 0.29) is 12.1 Å². The maximum atomic E-state index is 13.1. The zero-order valence-electron chi connectivity index (χ0n) is 22.9. The standard InChI is InChI=1S/C32H37F3N2O2/c1-24(2)39-30(38)31(3,27-10-5-4-6-11-27)17-8-18-36-19-21-37(22-20-36)29-12-7-9-26(23-29)25-13-15-28(16-14-25)32(33,34)35/h4-7,9-16,23-24H,8,17-22H2,1-3H3. The Morgan fingerprint density at radius 3 is 2.13 bits per heavy atom. The number of halogens is 3. The van der Waals surface area contributed by atoms with Gasteiger partial charge in [-0.3, -0.25) is 9.69 Å². The van der Waals surface area contributed by atoms with Gasteiger partial charge in [0, 0.05) is 31.9 Å². The van der Waals surface area contributed by atoms with Crippen LogP contribution in [-0.2, 0) is 21.1 Å². The van der Waals surface area contributed by atoms with Gasteiger partial charge in [-0.15, -0.1) is 0 Å². The van der Waals surface area contributed by atoms with Gasteiger partial charge in [0.2, 0.25) is 0 Å². The van der Waals surface area contributed by atoms with Crippen LogP contribution in [0, 0.1) is 0 Å². The monoisotopic (exact) mass is 538 g/mol. The Morgan fingerprint density at radius 2 is 1.51 bits per heavy atom. The first kappa shape index (κ1) is 28.7. The van der Waals surface area contributed by atoms with E-state index in [0.29, 0.717) is 6.42 Å². The van der Waals surface area contributed by atoms with Gasteiger partial charge in [-0.2, -0.15) is 13.2 Å². The number of alkyl halides is 3. The lowest BCUT2D eigenvalue weighted by Crippen LogP contribution is -2.47.